The molecular formula is C16H14Cl2N2O2. The summed E-state index contributed by atoms with van der Waals surface area (Å²) in [6.07, 6.45) is 1.53. The summed E-state index contributed by atoms with van der Waals surface area (Å²) < 4.78 is 5.41. The minimum Gasteiger partial charge on any atom is -0.483 e. The number of carbonyl (C=O) groups excluding carboxylic acids is 1. The predicted molar refractivity (Wildman–Crippen MR) is 88.9 cm³/mol. The van der Waals surface area contributed by atoms with E-state index in [0.29, 0.717) is 15.8 Å². The van der Waals surface area contributed by atoms with Crippen LogP contribution in [-0.4, -0.2) is 18.7 Å². The molecule has 1 amide bonds. The average Bonchev–Trinajstić information content (AvgIpc) is 2.48. The molecular weight excluding hydrogens is 323 g/mol. The zero-order valence-electron chi connectivity index (χ0n) is 11.8. The van der Waals surface area contributed by atoms with Gasteiger partial charge in [0.2, 0.25) is 0 Å². The van der Waals surface area contributed by atoms with Crippen LogP contribution in [0.2, 0.25) is 10.0 Å². The van der Waals surface area contributed by atoms with E-state index in [1.54, 1.807) is 42.5 Å². The SMILES string of the molecule is Cc1cc(Cl)ccc1OCC(=O)NN=Cc1ccc(Cl)cc1. The summed E-state index contributed by atoms with van der Waals surface area (Å²) in [5.41, 5.74) is 4.09. The van der Waals surface area contributed by atoms with Gasteiger partial charge in [0, 0.05) is 10.0 Å². The van der Waals surface area contributed by atoms with E-state index in [0.717, 1.165) is 11.1 Å². The number of hydrazone groups is 1. The molecule has 114 valence electrons. The Hall–Kier alpha value is -2.04. The Kier molecular flexibility index (Phi) is 5.81. The van der Waals surface area contributed by atoms with Crippen molar-refractivity contribution < 1.29 is 9.53 Å². The van der Waals surface area contributed by atoms with E-state index in [2.05, 4.69) is 10.5 Å². The third-order valence-electron chi connectivity index (χ3n) is 2.77. The minimum atomic E-state index is -0.348. The lowest BCUT2D eigenvalue weighted by Gasteiger charge is -2.08. The number of rotatable bonds is 5. The number of carbonyl (C=O) groups is 1. The second kappa shape index (κ2) is 7.82. The van der Waals surface area contributed by atoms with Crippen molar-refractivity contribution in [2.24, 2.45) is 5.10 Å². The Bertz CT molecular complexity index is 685. The molecule has 0 aliphatic rings. The molecule has 1 N–H and O–H groups in total. The van der Waals surface area contributed by atoms with Crippen LogP contribution in [-0.2, 0) is 4.79 Å². The van der Waals surface area contributed by atoms with E-state index in [9.17, 15) is 4.79 Å². The molecule has 0 saturated heterocycles. The molecule has 0 radical (unpaired) electrons. The fraction of sp³-hybridized carbons (Fsp3) is 0.125. The van der Waals surface area contributed by atoms with Gasteiger partial charge in [-0.05, 0) is 48.4 Å². The molecule has 4 nitrogen and oxygen atoms in total. The lowest BCUT2D eigenvalue weighted by molar-refractivity contribution is -0.123. The van der Waals surface area contributed by atoms with Gasteiger partial charge in [0.1, 0.15) is 5.75 Å². The number of amides is 1. The van der Waals surface area contributed by atoms with Crippen molar-refractivity contribution in [2.75, 3.05) is 6.61 Å². The van der Waals surface area contributed by atoms with Gasteiger partial charge in [-0.1, -0.05) is 35.3 Å². The highest BCUT2D eigenvalue weighted by Gasteiger charge is 2.04. The maximum absolute atomic E-state index is 11.6. The first-order valence-corrected chi connectivity index (χ1v) is 7.26. The monoisotopic (exact) mass is 336 g/mol. The zero-order chi connectivity index (χ0) is 15.9. The lowest BCUT2D eigenvalue weighted by Crippen LogP contribution is -2.24. The second-order valence-corrected chi connectivity index (χ2v) is 5.42. The van der Waals surface area contributed by atoms with E-state index in [-0.39, 0.29) is 12.5 Å². The number of nitrogens with one attached hydrogen (secondary N) is 1. The lowest BCUT2D eigenvalue weighted by atomic mass is 10.2. The van der Waals surface area contributed by atoms with Crippen molar-refractivity contribution in [2.45, 2.75) is 6.92 Å². The predicted octanol–water partition coefficient (Wildman–Crippen LogP) is 3.83. The van der Waals surface area contributed by atoms with Gasteiger partial charge < -0.3 is 4.74 Å². The summed E-state index contributed by atoms with van der Waals surface area (Å²) in [5.74, 6) is 0.265. The first-order chi connectivity index (χ1) is 10.5. The van der Waals surface area contributed by atoms with Gasteiger partial charge in [-0.25, -0.2) is 5.43 Å². The summed E-state index contributed by atoms with van der Waals surface area (Å²) in [6, 6.07) is 12.3. The van der Waals surface area contributed by atoms with Crippen molar-refractivity contribution in [3.05, 3.63) is 63.6 Å². The van der Waals surface area contributed by atoms with Gasteiger partial charge in [0.15, 0.2) is 6.61 Å². The Labute approximate surface area is 138 Å². The van der Waals surface area contributed by atoms with E-state index >= 15 is 0 Å². The maximum atomic E-state index is 11.6. The highest BCUT2D eigenvalue weighted by atomic mass is 35.5. The van der Waals surface area contributed by atoms with Gasteiger partial charge in [-0.15, -0.1) is 0 Å². The van der Waals surface area contributed by atoms with Gasteiger partial charge in [-0.2, -0.15) is 5.10 Å². The Morgan fingerprint density at radius 3 is 2.55 bits per heavy atom. The summed E-state index contributed by atoms with van der Waals surface area (Å²) in [7, 11) is 0. The van der Waals surface area contributed by atoms with Gasteiger partial charge in [0.25, 0.3) is 5.91 Å². The van der Waals surface area contributed by atoms with Gasteiger partial charge in [-0.3, -0.25) is 4.79 Å². The van der Waals surface area contributed by atoms with Crippen molar-refractivity contribution in [1.82, 2.24) is 5.43 Å². The van der Waals surface area contributed by atoms with Crippen LogP contribution < -0.4 is 10.2 Å². The highest BCUT2D eigenvalue weighted by molar-refractivity contribution is 6.30. The van der Waals surface area contributed by atoms with E-state index in [4.69, 9.17) is 27.9 Å². The van der Waals surface area contributed by atoms with Gasteiger partial charge in [0.05, 0.1) is 6.21 Å². The molecule has 0 aliphatic carbocycles. The molecule has 2 aromatic carbocycles. The smallest absolute Gasteiger partial charge is 0.277 e. The summed E-state index contributed by atoms with van der Waals surface area (Å²) in [5, 5.41) is 5.12. The van der Waals surface area contributed by atoms with Crippen LogP contribution in [0.25, 0.3) is 0 Å². The molecule has 0 fully saturated rings. The number of hydrogen-bond donors (Lipinski definition) is 1. The minimum absolute atomic E-state index is 0.125. The van der Waals surface area contributed by atoms with Crippen LogP contribution in [0.15, 0.2) is 47.6 Å². The van der Waals surface area contributed by atoms with Crippen LogP contribution in [0, 0.1) is 6.92 Å². The first-order valence-electron chi connectivity index (χ1n) is 6.51. The third kappa shape index (κ3) is 5.06. The second-order valence-electron chi connectivity index (χ2n) is 4.54. The van der Waals surface area contributed by atoms with Crippen LogP contribution in [0.3, 0.4) is 0 Å². The first kappa shape index (κ1) is 16.3. The third-order valence-corrected chi connectivity index (χ3v) is 3.26. The number of ether oxygens (including phenoxy) is 1. The highest BCUT2D eigenvalue weighted by Crippen LogP contribution is 2.21. The number of benzene rings is 2. The molecule has 0 aromatic heterocycles. The largest absolute Gasteiger partial charge is 0.483 e. The van der Waals surface area contributed by atoms with Crippen LogP contribution in [0.5, 0.6) is 5.75 Å². The molecule has 2 aromatic rings. The van der Waals surface area contributed by atoms with Crippen LogP contribution >= 0.6 is 23.2 Å². The summed E-state index contributed by atoms with van der Waals surface area (Å²) >= 11 is 11.6. The average molecular weight is 337 g/mol. The normalized spacial score (nSPS) is 10.7. The van der Waals surface area contributed by atoms with Crippen molar-refractivity contribution >= 4 is 35.3 Å². The van der Waals surface area contributed by atoms with Gasteiger partial charge >= 0.3 is 0 Å². The fourth-order valence-corrected chi connectivity index (χ4v) is 2.03. The molecule has 0 atom stereocenters. The summed E-state index contributed by atoms with van der Waals surface area (Å²) in [6.45, 7) is 1.73. The molecule has 0 saturated carbocycles. The molecule has 6 heteroatoms. The number of nitrogens with zero attached hydrogens (tertiary/aromatic N) is 1. The van der Waals surface area contributed by atoms with Crippen molar-refractivity contribution in [1.29, 1.82) is 0 Å². The Balaban J connectivity index is 1.81. The topological polar surface area (TPSA) is 50.7 Å². The fourth-order valence-electron chi connectivity index (χ4n) is 1.68. The number of hydrogen-bond acceptors (Lipinski definition) is 3. The molecule has 2 rings (SSSR count). The molecule has 0 aliphatic heterocycles. The quantitative estimate of drug-likeness (QED) is 0.666. The van der Waals surface area contributed by atoms with Crippen molar-refractivity contribution in [3.63, 3.8) is 0 Å². The molecule has 0 bridgehead atoms. The Morgan fingerprint density at radius 2 is 1.86 bits per heavy atom. The molecule has 22 heavy (non-hydrogen) atoms. The van der Waals surface area contributed by atoms with E-state index < -0.39 is 0 Å². The Morgan fingerprint density at radius 1 is 1.18 bits per heavy atom. The van der Waals surface area contributed by atoms with E-state index in [1.807, 2.05) is 6.92 Å². The number of halogens is 2. The standard InChI is InChI=1S/C16H14Cl2N2O2/c1-11-8-14(18)6-7-15(11)22-10-16(21)20-19-9-12-2-4-13(17)5-3-12/h2-9H,10H2,1H3,(H,20,21). The zero-order valence-corrected chi connectivity index (χ0v) is 13.4. The van der Waals surface area contributed by atoms with Crippen LogP contribution in [0.4, 0.5) is 0 Å². The number of aryl methyl sites for hydroxylation is 1. The molecule has 0 spiro atoms. The maximum Gasteiger partial charge on any atom is 0.277 e. The molecule has 0 heterocycles. The van der Waals surface area contributed by atoms with Crippen LogP contribution in [0.1, 0.15) is 11.1 Å². The van der Waals surface area contributed by atoms with Crippen molar-refractivity contribution in [3.8, 4) is 5.75 Å². The van der Waals surface area contributed by atoms with E-state index in [1.165, 1.54) is 6.21 Å². The summed E-state index contributed by atoms with van der Waals surface area (Å²) in [4.78, 5) is 11.6. The molecule has 0 unspecified atom stereocenters.